The fourth-order valence-electron chi connectivity index (χ4n) is 2.35. The maximum absolute atomic E-state index is 12.7. The highest BCUT2D eigenvalue weighted by molar-refractivity contribution is 5.84. The van der Waals surface area contributed by atoms with E-state index >= 15 is 0 Å². The summed E-state index contributed by atoms with van der Waals surface area (Å²) < 4.78 is 38.2. The van der Waals surface area contributed by atoms with Gasteiger partial charge in [-0.25, -0.2) is 4.98 Å². The summed E-state index contributed by atoms with van der Waals surface area (Å²) in [6.45, 7) is 1.86. The molecule has 3 aromatic rings. The summed E-state index contributed by atoms with van der Waals surface area (Å²) in [6.07, 6.45) is -4.33. The normalized spacial score (nSPS) is 11.8. The molecule has 0 saturated heterocycles. The van der Waals surface area contributed by atoms with Gasteiger partial charge in [0.25, 0.3) is 0 Å². The van der Waals surface area contributed by atoms with E-state index in [9.17, 15) is 13.2 Å². The van der Waals surface area contributed by atoms with E-state index in [1.54, 1.807) is 6.07 Å². The van der Waals surface area contributed by atoms with E-state index in [0.717, 1.165) is 29.0 Å². The lowest BCUT2D eigenvalue weighted by Gasteiger charge is -2.10. The molecule has 0 saturated carbocycles. The smallest absolute Gasteiger partial charge is 0.248 e. The highest BCUT2D eigenvalue weighted by Gasteiger charge is 2.30. The lowest BCUT2D eigenvalue weighted by molar-refractivity contribution is -0.137. The lowest BCUT2D eigenvalue weighted by atomic mass is 10.0. The maximum Gasteiger partial charge on any atom is 0.416 e. The van der Waals surface area contributed by atoms with Gasteiger partial charge in [-0.2, -0.15) is 13.2 Å². The van der Waals surface area contributed by atoms with Crippen LogP contribution >= 0.6 is 0 Å². The fraction of sp³-hybridized carbons (Fsp3) is 0.118. The van der Waals surface area contributed by atoms with E-state index in [2.05, 4.69) is 4.98 Å². The van der Waals surface area contributed by atoms with Crippen LogP contribution in [0, 0.1) is 6.92 Å². The number of hydrogen-bond donors (Lipinski definition) is 0. The van der Waals surface area contributed by atoms with E-state index in [-0.39, 0.29) is 0 Å². The van der Waals surface area contributed by atoms with Crippen molar-refractivity contribution in [3.63, 3.8) is 0 Å². The number of nitrogens with zero attached hydrogens (tertiary/aromatic N) is 1. The molecule has 4 heteroatoms. The molecule has 0 unspecified atom stereocenters. The number of alkyl halides is 3. The first kappa shape index (κ1) is 13.6. The van der Waals surface area contributed by atoms with Gasteiger partial charge in [-0.05, 0) is 36.8 Å². The van der Waals surface area contributed by atoms with Gasteiger partial charge in [-0.3, -0.25) is 0 Å². The van der Waals surface area contributed by atoms with Crippen molar-refractivity contribution in [1.82, 2.24) is 4.98 Å². The average Bonchev–Trinajstić information content (AvgIpc) is 2.46. The number of aryl methyl sites for hydroxylation is 1. The monoisotopic (exact) mass is 287 g/mol. The zero-order valence-electron chi connectivity index (χ0n) is 11.3. The van der Waals surface area contributed by atoms with Gasteiger partial charge in [0.05, 0.1) is 16.8 Å². The van der Waals surface area contributed by atoms with Gasteiger partial charge in [0.15, 0.2) is 0 Å². The molecule has 0 fully saturated rings. The maximum atomic E-state index is 12.7. The number of fused-ring (bicyclic) bond motifs is 1. The standard InChI is InChI=1S/C17H12F3N/c1-11-9-13-10-14(17(18,19)20)7-8-15(13)21-16(11)12-5-3-2-4-6-12/h2-10H,1H3. The van der Waals surface area contributed by atoms with Gasteiger partial charge in [0.1, 0.15) is 0 Å². The number of benzene rings is 2. The molecule has 0 amide bonds. The molecule has 0 aliphatic rings. The van der Waals surface area contributed by atoms with Gasteiger partial charge >= 0.3 is 6.18 Å². The molecular weight excluding hydrogens is 275 g/mol. The molecule has 0 atom stereocenters. The van der Waals surface area contributed by atoms with Gasteiger partial charge in [0.2, 0.25) is 0 Å². The molecule has 0 bridgehead atoms. The summed E-state index contributed by atoms with van der Waals surface area (Å²) >= 11 is 0. The predicted octanol–water partition coefficient (Wildman–Crippen LogP) is 5.23. The van der Waals surface area contributed by atoms with Crippen LogP contribution in [0.3, 0.4) is 0 Å². The first-order chi connectivity index (χ1) is 9.95. The van der Waals surface area contributed by atoms with Crippen molar-refractivity contribution in [2.45, 2.75) is 13.1 Å². The molecule has 1 heterocycles. The lowest BCUT2D eigenvalue weighted by Crippen LogP contribution is -2.04. The van der Waals surface area contributed by atoms with Crippen molar-refractivity contribution in [2.24, 2.45) is 0 Å². The quantitative estimate of drug-likeness (QED) is 0.597. The summed E-state index contributed by atoms with van der Waals surface area (Å²) in [5, 5.41) is 0.502. The van der Waals surface area contributed by atoms with Crippen LogP contribution in [-0.4, -0.2) is 4.98 Å². The predicted molar refractivity (Wildman–Crippen MR) is 76.9 cm³/mol. The number of halogens is 3. The summed E-state index contributed by atoms with van der Waals surface area (Å²) in [7, 11) is 0. The van der Waals surface area contributed by atoms with Crippen LogP contribution in [0.4, 0.5) is 13.2 Å². The van der Waals surface area contributed by atoms with Crippen molar-refractivity contribution >= 4 is 10.9 Å². The van der Waals surface area contributed by atoms with Crippen molar-refractivity contribution < 1.29 is 13.2 Å². The molecule has 21 heavy (non-hydrogen) atoms. The number of aromatic nitrogens is 1. The minimum absolute atomic E-state index is 0.502. The van der Waals surface area contributed by atoms with E-state index in [1.165, 1.54) is 6.07 Å². The molecule has 1 aromatic heterocycles. The van der Waals surface area contributed by atoms with Crippen molar-refractivity contribution in [3.8, 4) is 11.3 Å². The Morgan fingerprint density at radius 3 is 2.29 bits per heavy atom. The van der Waals surface area contributed by atoms with Crippen molar-refractivity contribution in [1.29, 1.82) is 0 Å². The zero-order valence-corrected chi connectivity index (χ0v) is 11.3. The Bertz CT molecular complexity index is 792. The Kier molecular flexibility index (Phi) is 3.16. The third-order valence-corrected chi connectivity index (χ3v) is 3.38. The summed E-state index contributed by atoms with van der Waals surface area (Å²) in [4.78, 5) is 4.50. The SMILES string of the molecule is Cc1cc2cc(C(F)(F)F)ccc2nc1-c1ccccc1. The summed E-state index contributed by atoms with van der Waals surface area (Å²) in [5.41, 5.74) is 2.52. The van der Waals surface area contributed by atoms with E-state index in [4.69, 9.17) is 0 Å². The highest BCUT2D eigenvalue weighted by atomic mass is 19.4. The number of rotatable bonds is 1. The molecule has 0 spiro atoms. The molecule has 1 nitrogen and oxygen atoms in total. The highest BCUT2D eigenvalue weighted by Crippen LogP contribution is 2.32. The van der Waals surface area contributed by atoms with Gasteiger partial charge in [0, 0.05) is 10.9 Å². The molecule has 0 aliphatic carbocycles. The Labute approximate surface area is 120 Å². The van der Waals surface area contributed by atoms with Crippen LogP contribution in [0.25, 0.3) is 22.2 Å². The van der Waals surface area contributed by atoms with Crippen LogP contribution in [0.15, 0.2) is 54.6 Å². The van der Waals surface area contributed by atoms with Crippen LogP contribution in [0.5, 0.6) is 0 Å². The molecule has 3 rings (SSSR count). The van der Waals surface area contributed by atoms with Crippen LogP contribution < -0.4 is 0 Å². The number of pyridine rings is 1. The Balaban J connectivity index is 2.18. The van der Waals surface area contributed by atoms with E-state index < -0.39 is 11.7 Å². The molecule has 2 aromatic carbocycles. The van der Waals surface area contributed by atoms with Crippen LogP contribution in [0.2, 0.25) is 0 Å². The second-order valence-electron chi connectivity index (χ2n) is 4.93. The molecule has 0 radical (unpaired) electrons. The minimum Gasteiger partial charge on any atom is -0.248 e. The minimum atomic E-state index is -4.33. The Morgan fingerprint density at radius 2 is 1.62 bits per heavy atom. The van der Waals surface area contributed by atoms with Crippen molar-refractivity contribution in [3.05, 3.63) is 65.7 Å². The van der Waals surface area contributed by atoms with Gasteiger partial charge in [-0.15, -0.1) is 0 Å². The van der Waals surface area contributed by atoms with E-state index in [0.29, 0.717) is 10.9 Å². The molecular formula is C17H12F3N. The van der Waals surface area contributed by atoms with Gasteiger partial charge in [-0.1, -0.05) is 30.3 Å². The van der Waals surface area contributed by atoms with Crippen molar-refractivity contribution in [2.75, 3.05) is 0 Å². The van der Waals surface area contributed by atoms with Crippen LogP contribution in [0.1, 0.15) is 11.1 Å². The summed E-state index contributed by atoms with van der Waals surface area (Å²) in [5.74, 6) is 0. The second kappa shape index (κ2) is 4.88. The van der Waals surface area contributed by atoms with E-state index in [1.807, 2.05) is 37.3 Å². The fourth-order valence-corrected chi connectivity index (χ4v) is 2.35. The Hall–Kier alpha value is -2.36. The first-order valence-electron chi connectivity index (χ1n) is 6.49. The number of hydrogen-bond acceptors (Lipinski definition) is 1. The third kappa shape index (κ3) is 2.61. The topological polar surface area (TPSA) is 12.9 Å². The molecule has 0 N–H and O–H groups in total. The third-order valence-electron chi connectivity index (χ3n) is 3.38. The average molecular weight is 287 g/mol. The molecule has 0 aliphatic heterocycles. The van der Waals surface area contributed by atoms with Gasteiger partial charge < -0.3 is 0 Å². The summed E-state index contributed by atoms with van der Waals surface area (Å²) in [6, 6.07) is 15.0. The molecule has 106 valence electrons. The first-order valence-corrected chi connectivity index (χ1v) is 6.49. The zero-order chi connectivity index (χ0) is 15.0. The second-order valence-corrected chi connectivity index (χ2v) is 4.93. The largest absolute Gasteiger partial charge is 0.416 e. The van der Waals surface area contributed by atoms with Crippen LogP contribution in [-0.2, 0) is 6.18 Å². The Morgan fingerprint density at radius 1 is 0.905 bits per heavy atom.